The molecule has 0 fully saturated rings. The van der Waals surface area contributed by atoms with E-state index in [1.807, 2.05) is 26.0 Å². The lowest BCUT2D eigenvalue weighted by Crippen LogP contribution is -1.87. The number of phenols is 1. The van der Waals surface area contributed by atoms with Gasteiger partial charge in [-0.15, -0.1) is 0 Å². The number of rotatable bonds is 2. The first-order valence-corrected chi connectivity index (χ1v) is 6.94. The van der Waals surface area contributed by atoms with Crippen LogP contribution in [0.2, 0.25) is 0 Å². The number of hydrogen-bond acceptors (Lipinski definition) is 1. The summed E-state index contributed by atoms with van der Waals surface area (Å²) in [5, 5.41) is 9.86. The van der Waals surface area contributed by atoms with Crippen LogP contribution in [0.1, 0.15) is 40.3 Å². The van der Waals surface area contributed by atoms with Crippen LogP contribution in [-0.2, 0) is 0 Å². The second kappa shape index (κ2) is 5.54. The van der Waals surface area contributed by atoms with Gasteiger partial charge in [0.15, 0.2) is 0 Å². The van der Waals surface area contributed by atoms with Gasteiger partial charge in [-0.25, -0.2) is 0 Å². The monoisotopic (exact) mass is 266 g/mol. The second-order valence-corrected chi connectivity index (χ2v) is 5.71. The fraction of sp³-hybridized carbons (Fsp3) is 0.263. The van der Waals surface area contributed by atoms with Crippen LogP contribution in [0.5, 0.6) is 5.75 Å². The first-order valence-electron chi connectivity index (χ1n) is 6.94. The standard InChI is InChI=1S/C19H22O/c1-12-6-13(2)8-17(7-12)9-14(3)18-10-15(4)19(20)16(5)11-18/h6-11,20H,1-5H3. The Bertz CT molecular complexity index is 635. The van der Waals surface area contributed by atoms with Crippen molar-refractivity contribution in [3.05, 3.63) is 63.7 Å². The molecule has 0 heterocycles. The fourth-order valence-corrected chi connectivity index (χ4v) is 2.61. The van der Waals surface area contributed by atoms with Crippen LogP contribution in [0.4, 0.5) is 0 Å². The molecule has 2 aromatic carbocycles. The van der Waals surface area contributed by atoms with Gasteiger partial charge in [-0.2, -0.15) is 0 Å². The predicted molar refractivity (Wildman–Crippen MR) is 87.0 cm³/mol. The predicted octanol–water partition coefficient (Wildman–Crippen LogP) is 5.19. The first kappa shape index (κ1) is 14.4. The summed E-state index contributed by atoms with van der Waals surface area (Å²) in [7, 11) is 0. The van der Waals surface area contributed by atoms with Crippen molar-refractivity contribution in [2.45, 2.75) is 34.6 Å². The van der Waals surface area contributed by atoms with Crippen molar-refractivity contribution in [3.8, 4) is 5.75 Å². The molecule has 1 heteroatoms. The maximum atomic E-state index is 9.86. The summed E-state index contributed by atoms with van der Waals surface area (Å²) < 4.78 is 0. The van der Waals surface area contributed by atoms with Crippen LogP contribution >= 0.6 is 0 Å². The molecule has 0 aliphatic rings. The highest BCUT2D eigenvalue weighted by atomic mass is 16.3. The van der Waals surface area contributed by atoms with Gasteiger partial charge in [0.2, 0.25) is 0 Å². The molecule has 2 rings (SSSR count). The molecule has 0 saturated carbocycles. The van der Waals surface area contributed by atoms with E-state index in [0.717, 1.165) is 16.7 Å². The Morgan fingerprint density at radius 3 is 1.85 bits per heavy atom. The lowest BCUT2D eigenvalue weighted by atomic mass is 9.98. The summed E-state index contributed by atoms with van der Waals surface area (Å²) >= 11 is 0. The molecule has 0 amide bonds. The third-order valence-electron chi connectivity index (χ3n) is 3.57. The molecule has 0 bridgehead atoms. The van der Waals surface area contributed by atoms with E-state index in [-0.39, 0.29) is 0 Å². The smallest absolute Gasteiger partial charge is 0.121 e. The Morgan fingerprint density at radius 2 is 1.35 bits per heavy atom. The first-order chi connectivity index (χ1) is 9.36. The van der Waals surface area contributed by atoms with Crippen LogP contribution < -0.4 is 0 Å². The number of aromatic hydroxyl groups is 1. The number of phenolic OH excluding ortho intramolecular Hbond substituents is 1. The van der Waals surface area contributed by atoms with Gasteiger partial charge in [0.25, 0.3) is 0 Å². The van der Waals surface area contributed by atoms with Crippen LogP contribution in [0, 0.1) is 27.7 Å². The van der Waals surface area contributed by atoms with Crippen molar-refractivity contribution >= 4 is 11.6 Å². The van der Waals surface area contributed by atoms with E-state index in [2.05, 4.69) is 45.0 Å². The molecule has 0 spiro atoms. The summed E-state index contributed by atoms with van der Waals surface area (Å²) in [6, 6.07) is 10.6. The van der Waals surface area contributed by atoms with Crippen LogP contribution in [-0.4, -0.2) is 5.11 Å². The van der Waals surface area contributed by atoms with Crippen LogP contribution in [0.3, 0.4) is 0 Å². The number of hydrogen-bond donors (Lipinski definition) is 1. The minimum absolute atomic E-state index is 0.396. The summed E-state index contributed by atoms with van der Waals surface area (Å²) in [5.41, 5.74) is 8.01. The largest absolute Gasteiger partial charge is 0.507 e. The van der Waals surface area contributed by atoms with Crippen molar-refractivity contribution in [2.75, 3.05) is 0 Å². The second-order valence-electron chi connectivity index (χ2n) is 5.71. The maximum absolute atomic E-state index is 9.86. The molecule has 0 radical (unpaired) electrons. The van der Waals surface area contributed by atoms with E-state index in [9.17, 15) is 5.11 Å². The van der Waals surface area contributed by atoms with E-state index in [1.54, 1.807) is 0 Å². The normalized spacial score (nSPS) is 11.8. The molecule has 104 valence electrons. The summed E-state index contributed by atoms with van der Waals surface area (Å²) in [6.07, 6.45) is 2.20. The van der Waals surface area contributed by atoms with E-state index in [4.69, 9.17) is 0 Å². The van der Waals surface area contributed by atoms with Gasteiger partial charge in [-0.3, -0.25) is 0 Å². The number of allylic oxidation sites excluding steroid dienone is 1. The van der Waals surface area contributed by atoms with E-state index >= 15 is 0 Å². The average Bonchev–Trinajstić information content (AvgIpc) is 2.33. The van der Waals surface area contributed by atoms with Crippen molar-refractivity contribution in [1.29, 1.82) is 0 Å². The third-order valence-corrected chi connectivity index (χ3v) is 3.57. The molecule has 0 aromatic heterocycles. The van der Waals surface area contributed by atoms with Crippen molar-refractivity contribution in [1.82, 2.24) is 0 Å². The molecular formula is C19H22O. The van der Waals surface area contributed by atoms with Crippen molar-refractivity contribution in [2.24, 2.45) is 0 Å². The Hall–Kier alpha value is -2.02. The number of benzene rings is 2. The minimum Gasteiger partial charge on any atom is -0.507 e. The Kier molecular flexibility index (Phi) is 3.99. The lowest BCUT2D eigenvalue weighted by molar-refractivity contribution is 0.467. The summed E-state index contributed by atoms with van der Waals surface area (Å²) in [6.45, 7) is 10.2. The molecule has 0 unspecified atom stereocenters. The highest BCUT2D eigenvalue weighted by Gasteiger charge is 2.05. The average molecular weight is 266 g/mol. The zero-order valence-electron chi connectivity index (χ0n) is 12.9. The van der Waals surface area contributed by atoms with Crippen LogP contribution in [0.25, 0.3) is 11.6 Å². The van der Waals surface area contributed by atoms with Crippen LogP contribution in [0.15, 0.2) is 30.3 Å². The molecule has 2 aromatic rings. The van der Waals surface area contributed by atoms with Gasteiger partial charge in [0.1, 0.15) is 5.75 Å². The minimum atomic E-state index is 0.396. The highest BCUT2D eigenvalue weighted by Crippen LogP contribution is 2.27. The van der Waals surface area contributed by atoms with E-state index < -0.39 is 0 Å². The summed E-state index contributed by atoms with van der Waals surface area (Å²) in [4.78, 5) is 0. The van der Waals surface area contributed by atoms with Gasteiger partial charge in [0, 0.05) is 0 Å². The van der Waals surface area contributed by atoms with Crippen molar-refractivity contribution in [3.63, 3.8) is 0 Å². The topological polar surface area (TPSA) is 20.2 Å². The van der Waals surface area contributed by atoms with Crippen molar-refractivity contribution < 1.29 is 5.11 Å². The van der Waals surface area contributed by atoms with Gasteiger partial charge in [0.05, 0.1) is 0 Å². The zero-order valence-corrected chi connectivity index (χ0v) is 12.9. The Labute approximate surface area is 121 Å². The van der Waals surface area contributed by atoms with Gasteiger partial charge >= 0.3 is 0 Å². The molecule has 0 atom stereocenters. The quantitative estimate of drug-likeness (QED) is 0.742. The van der Waals surface area contributed by atoms with E-state index in [0.29, 0.717) is 5.75 Å². The molecular weight excluding hydrogens is 244 g/mol. The highest BCUT2D eigenvalue weighted by molar-refractivity contribution is 5.81. The number of aryl methyl sites for hydroxylation is 4. The zero-order chi connectivity index (χ0) is 14.9. The van der Waals surface area contributed by atoms with Gasteiger partial charge < -0.3 is 5.11 Å². The molecule has 20 heavy (non-hydrogen) atoms. The Morgan fingerprint density at radius 1 is 0.850 bits per heavy atom. The third kappa shape index (κ3) is 3.11. The summed E-state index contributed by atoms with van der Waals surface area (Å²) in [5.74, 6) is 0.396. The maximum Gasteiger partial charge on any atom is 0.121 e. The SMILES string of the molecule is CC(=Cc1cc(C)cc(C)c1)c1cc(C)c(O)c(C)c1. The fourth-order valence-electron chi connectivity index (χ4n) is 2.61. The molecule has 1 nitrogen and oxygen atoms in total. The van der Waals surface area contributed by atoms with Gasteiger partial charge in [-0.05, 0) is 74.6 Å². The lowest BCUT2D eigenvalue weighted by Gasteiger charge is -2.09. The molecule has 0 aliphatic carbocycles. The van der Waals surface area contributed by atoms with Gasteiger partial charge in [-0.1, -0.05) is 35.4 Å². The molecule has 0 aliphatic heterocycles. The van der Waals surface area contributed by atoms with E-state index in [1.165, 1.54) is 22.3 Å². The molecule has 1 N–H and O–H groups in total. The molecule has 0 saturated heterocycles. The Balaban J connectivity index is 2.44.